The maximum atomic E-state index is 11.5. The van der Waals surface area contributed by atoms with Gasteiger partial charge < -0.3 is 15.4 Å². The Morgan fingerprint density at radius 2 is 2.19 bits per heavy atom. The number of hydrogen-bond donors (Lipinski definition) is 1. The van der Waals surface area contributed by atoms with Gasteiger partial charge in [0.25, 0.3) is 5.91 Å². The van der Waals surface area contributed by atoms with Crippen molar-refractivity contribution in [1.82, 2.24) is 9.88 Å². The topological polar surface area (TPSA) is 71.7 Å². The number of primary amides is 1. The summed E-state index contributed by atoms with van der Waals surface area (Å²) in [7, 11) is 0. The van der Waals surface area contributed by atoms with E-state index < -0.39 is 5.91 Å². The number of carbonyl (C=O) groups is 1. The molecule has 1 atom stereocenters. The third kappa shape index (κ3) is 3.33. The number of amides is 1. The average molecular weight is 290 g/mol. The van der Waals surface area contributed by atoms with Crippen LogP contribution in [0.3, 0.4) is 0 Å². The molecule has 6 heteroatoms. The van der Waals surface area contributed by atoms with Crippen molar-refractivity contribution in [3.8, 4) is 0 Å². The summed E-state index contributed by atoms with van der Waals surface area (Å²) in [4.78, 5) is 20.5. The summed E-state index contributed by atoms with van der Waals surface area (Å²) in [6, 6.07) is 3.49. The number of hydrogen-bond acceptors (Lipinski definition) is 5. The van der Waals surface area contributed by atoms with Gasteiger partial charge in [0.1, 0.15) is 5.82 Å². The lowest BCUT2D eigenvalue weighted by atomic mass is 10.1. The van der Waals surface area contributed by atoms with Crippen molar-refractivity contribution in [2.45, 2.75) is 6.42 Å². The highest BCUT2D eigenvalue weighted by molar-refractivity contribution is 5.97. The lowest BCUT2D eigenvalue weighted by molar-refractivity contribution is 0.1000. The average Bonchev–Trinajstić information content (AvgIpc) is 3.01. The Kier molecular flexibility index (Phi) is 4.36. The molecule has 2 aliphatic rings. The largest absolute Gasteiger partial charge is 0.381 e. The number of nitrogens with two attached hydrogens (primary N) is 1. The molecule has 6 nitrogen and oxygen atoms in total. The molecule has 0 spiro atoms. The molecule has 0 aliphatic carbocycles. The Labute approximate surface area is 124 Å². The molecular weight excluding hydrogens is 268 g/mol. The third-order valence-corrected chi connectivity index (χ3v) is 4.26. The van der Waals surface area contributed by atoms with Gasteiger partial charge in [-0.15, -0.1) is 0 Å². The molecule has 0 unspecified atom stereocenters. The van der Waals surface area contributed by atoms with Crippen molar-refractivity contribution < 1.29 is 9.53 Å². The first-order valence-corrected chi connectivity index (χ1v) is 7.54. The quantitative estimate of drug-likeness (QED) is 0.866. The van der Waals surface area contributed by atoms with Gasteiger partial charge in [-0.1, -0.05) is 0 Å². The molecule has 2 saturated heterocycles. The SMILES string of the molecule is NC(=O)c1cccnc1N1CCN(C[C@@H]2CCOC2)CC1. The number of carbonyl (C=O) groups excluding carboxylic acids is 1. The Balaban J connectivity index is 1.59. The molecule has 114 valence electrons. The van der Waals surface area contributed by atoms with Crippen LogP contribution in [-0.4, -0.2) is 61.7 Å². The molecule has 1 amide bonds. The Morgan fingerprint density at radius 3 is 2.86 bits per heavy atom. The van der Waals surface area contributed by atoms with E-state index in [4.69, 9.17) is 10.5 Å². The molecule has 0 radical (unpaired) electrons. The van der Waals surface area contributed by atoms with Crippen LogP contribution in [0.5, 0.6) is 0 Å². The van der Waals surface area contributed by atoms with Crippen molar-refractivity contribution in [2.24, 2.45) is 11.7 Å². The summed E-state index contributed by atoms with van der Waals surface area (Å²) in [6.07, 6.45) is 2.89. The van der Waals surface area contributed by atoms with Crippen LogP contribution >= 0.6 is 0 Å². The smallest absolute Gasteiger partial charge is 0.252 e. The zero-order chi connectivity index (χ0) is 14.7. The van der Waals surface area contributed by atoms with E-state index >= 15 is 0 Å². The highest BCUT2D eigenvalue weighted by Crippen LogP contribution is 2.20. The molecule has 0 bridgehead atoms. The number of anilines is 1. The zero-order valence-corrected chi connectivity index (χ0v) is 12.2. The van der Waals surface area contributed by atoms with Gasteiger partial charge in [-0.2, -0.15) is 0 Å². The molecule has 1 aromatic rings. The number of aromatic nitrogens is 1. The Morgan fingerprint density at radius 1 is 1.38 bits per heavy atom. The first-order valence-electron chi connectivity index (χ1n) is 7.54. The summed E-state index contributed by atoms with van der Waals surface area (Å²) in [5, 5.41) is 0. The second-order valence-electron chi connectivity index (χ2n) is 5.76. The summed E-state index contributed by atoms with van der Waals surface area (Å²) in [5.74, 6) is 0.977. The summed E-state index contributed by atoms with van der Waals surface area (Å²) < 4.78 is 5.43. The minimum Gasteiger partial charge on any atom is -0.381 e. The predicted molar refractivity (Wildman–Crippen MR) is 80.3 cm³/mol. The summed E-state index contributed by atoms with van der Waals surface area (Å²) >= 11 is 0. The minimum absolute atomic E-state index is 0.413. The van der Waals surface area contributed by atoms with Gasteiger partial charge in [-0.25, -0.2) is 4.98 Å². The molecule has 2 fully saturated rings. The van der Waals surface area contributed by atoms with Gasteiger partial charge in [0, 0.05) is 45.5 Å². The van der Waals surface area contributed by atoms with E-state index in [1.165, 1.54) is 6.42 Å². The van der Waals surface area contributed by atoms with Crippen LogP contribution in [0.1, 0.15) is 16.8 Å². The van der Waals surface area contributed by atoms with Crippen LogP contribution in [-0.2, 0) is 4.74 Å². The van der Waals surface area contributed by atoms with Crippen LogP contribution in [0.25, 0.3) is 0 Å². The van der Waals surface area contributed by atoms with Crippen molar-refractivity contribution >= 4 is 11.7 Å². The zero-order valence-electron chi connectivity index (χ0n) is 12.2. The first kappa shape index (κ1) is 14.3. The normalized spacial score (nSPS) is 23.4. The molecular formula is C15H22N4O2. The maximum Gasteiger partial charge on any atom is 0.252 e. The van der Waals surface area contributed by atoms with E-state index in [1.54, 1.807) is 18.3 Å². The van der Waals surface area contributed by atoms with E-state index in [9.17, 15) is 4.79 Å². The van der Waals surface area contributed by atoms with Gasteiger partial charge in [-0.3, -0.25) is 9.69 Å². The van der Waals surface area contributed by atoms with Gasteiger partial charge in [-0.05, 0) is 24.5 Å². The number of nitrogens with zero attached hydrogens (tertiary/aromatic N) is 3. The van der Waals surface area contributed by atoms with Crippen molar-refractivity contribution in [1.29, 1.82) is 0 Å². The number of ether oxygens (including phenoxy) is 1. The van der Waals surface area contributed by atoms with Crippen molar-refractivity contribution in [3.63, 3.8) is 0 Å². The van der Waals surface area contributed by atoms with E-state index in [-0.39, 0.29) is 0 Å². The predicted octanol–water partition coefficient (Wildman–Crippen LogP) is 0.339. The number of piperazine rings is 1. The van der Waals surface area contributed by atoms with Crippen LogP contribution < -0.4 is 10.6 Å². The highest BCUT2D eigenvalue weighted by Gasteiger charge is 2.24. The fourth-order valence-corrected chi connectivity index (χ4v) is 3.08. The minimum atomic E-state index is -0.413. The van der Waals surface area contributed by atoms with E-state index in [1.807, 2.05) is 0 Å². The molecule has 2 aliphatic heterocycles. The maximum absolute atomic E-state index is 11.5. The lowest BCUT2D eigenvalue weighted by Crippen LogP contribution is -2.48. The molecule has 3 rings (SSSR count). The van der Waals surface area contributed by atoms with E-state index in [0.717, 1.165) is 45.9 Å². The number of rotatable bonds is 4. The lowest BCUT2D eigenvalue weighted by Gasteiger charge is -2.36. The molecule has 1 aromatic heterocycles. The van der Waals surface area contributed by atoms with Crippen LogP contribution in [0.15, 0.2) is 18.3 Å². The first-order chi connectivity index (χ1) is 10.2. The Bertz CT molecular complexity index is 494. The fraction of sp³-hybridized carbons (Fsp3) is 0.600. The highest BCUT2D eigenvalue weighted by atomic mass is 16.5. The third-order valence-electron chi connectivity index (χ3n) is 4.26. The second kappa shape index (κ2) is 6.41. The summed E-state index contributed by atoms with van der Waals surface area (Å²) in [6.45, 7) is 6.65. The second-order valence-corrected chi connectivity index (χ2v) is 5.76. The number of pyridine rings is 1. The molecule has 3 heterocycles. The van der Waals surface area contributed by atoms with Gasteiger partial charge in [0.2, 0.25) is 0 Å². The van der Waals surface area contributed by atoms with Crippen molar-refractivity contribution in [2.75, 3.05) is 50.8 Å². The van der Waals surface area contributed by atoms with Gasteiger partial charge in [0.05, 0.1) is 12.2 Å². The van der Waals surface area contributed by atoms with Crippen LogP contribution in [0, 0.1) is 5.92 Å². The van der Waals surface area contributed by atoms with Crippen LogP contribution in [0.2, 0.25) is 0 Å². The standard InChI is InChI=1S/C15H22N4O2/c16-14(20)13-2-1-4-17-15(13)19-7-5-18(6-8-19)10-12-3-9-21-11-12/h1-2,4,12H,3,5-11H2,(H2,16,20)/t12-/m0/s1. The van der Waals surface area contributed by atoms with E-state index in [2.05, 4.69) is 14.8 Å². The summed E-state index contributed by atoms with van der Waals surface area (Å²) in [5.41, 5.74) is 5.94. The Hall–Kier alpha value is -1.66. The molecule has 0 saturated carbocycles. The molecule has 0 aromatic carbocycles. The van der Waals surface area contributed by atoms with Crippen molar-refractivity contribution in [3.05, 3.63) is 23.9 Å². The van der Waals surface area contributed by atoms with Gasteiger partial charge >= 0.3 is 0 Å². The monoisotopic (exact) mass is 290 g/mol. The van der Waals surface area contributed by atoms with E-state index in [0.29, 0.717) is 17.3 Å². The fourth-order valence-electron chi connectivity index (χ4n) is 3.08. The molecule has 21 heavy (non-hydrogen) atoms. The molecule has 2 N–H and O–H groups in total. The van der Waals surface area contributed by atoms with Gasteiger partial charge in [0.15, 0.2) is 0 Å². The van der Waals surface area contributed by atoms with Crippen LogP contribution in [0.4, 0.5) is 5.82 Å².